The number of esters is 1. The molecular weight excluding hydrogens is 446 g/mol. The Labute approximate surface area is 201 Å². The Morgan fingerprint density at radius 3 is 2.49 bits per heavy atom. The van der Waals surface area contributed by atoms with Crippen molar-refractivity contribution in [2.24, 2.45) is 0 Å². The van der Waals surface area contributed by atoms with Crippen LogP contribution >= 0.6 is 0 Å². The molecule has 1 atom stereocenters. The van der Waals surface area contributed by atoms with Gasteiger partial charge in [0.2, 0.25) is 6.10 Å². The molecule has 0 saturated heterocycles. The van der Waals surface area contributed by atoms with Crippen molar-refractivity contribution in [2.75, 3.05) is 11.9 Å². The summed E-state index contributed by atoms with van der Waals surface area (Å²) in [5.41, 5.74) is 1.29. The maximum absolute atomic E-state index is 13.2. The van der Waals surface area contributed by atoms with Gasteiger partial charge in [-0.15, -0.1) is 0 Å². The van der Waals surface area contributed by atoms with Crippen LogP contribution in [0.2, 0.25) is 0 Å². The molecule has 4 aromatic rings. The van der Waals surface area contributed by atoms with Gasteiger partial charge in [0.05, 0.1) is 29.6 Å². The van der Waals surface area contributed by atoms with Gasteiger partial charge >= 0.3 is 5.97 Å². The van der Waals surface area contributed by atoms with Gasteiger partial charge in [0.25, 0.3) is 11.5 Å². The molecule has 4 rings (SSSR count). The summed E-state index contributed by atoms with van der Waals surface area (Å²) >= 11 is 0. The smallest absolute Gasteiger partial charge is 0.307 e. The molecule has 1 heterocycles. The lowest BCUT2D eigenvalue weighted by Gasteiger charge is -2.19. The Bertz CT molecular complexity index is 1380. The molecule has 0 radical (unpaired) electrons. The van der Waals surface area contributed by atoms with E-state index in [1.807, 2.05) is 13.0 Å². The van der Waals surface area contributed by atoms with E-state index >= 15 is 0 Å². The van der Waals surface area contributed by atoms with E-state index in [-0.39, 0.29) is 18.4 Å². The van der Waals surface area contributed by atoms with E-state index < -0.39 is 18.0 Å². The molecule has 0 fully saturated rings. The summed E-state index contributed by atoms with van der Waals surface area (Å²) in [7, 11) is 0. The van der Waals surface area contributed by atoms with Gasteiger partial charge in [-0.25, -0.2) is 4.98 Å². The van der Waals surface area contributed by atoms with Crippen LogP contribution in [0.1, 0.15) is 30.8 Å². The van der Waals surface area contributed by atoms with Gasteiger partial charge in [-0.05, 0) is 31.2 Å². The first-order valence-corrected chi connectivity index (χ1v) is 11.3. The molecule has 1 unspecified atom stereocenters. The summed E-state index contributed by atoms with van der Waals surface area (Å²) in [5, 5.41) is 3.28. The zero-order chi connectivity index (χ0) is 24.6. The monoisotopic (exact) mass is 471 g/mol. The molecule has 0 saturated carbocycles. The normalized spacial score (nSPS) is 11.6. The third kappa shape index (κ3) is 5.92. The van der Waals surface area contributed by atoms with Crippen molar-refractivity contribution in [3.8, 4) is 5.75 Å². The second-order valence-corrected chi connectivity index (χ2v) is 7.73. The van der Waals surface area contributed by atoms with Crippen molar-refractivity contribution in [1.82, 2.24) is 9.97 Å². The van der Waals surface area contributed by atoms with E-state index in [1.165, 1.54) is 0 Å². The number of nitrogens with one attached hydrogen (secondary N) is 2. The van der Waals surface area contributed by atoms with E-state index in [1.54, 1.807) is 72.8 Å². The zero-order valence-corrected chi connectivity index (χ0v) is 19.2. The summed E-state index contributed by atoms with van der Waals surface area (Å²) in [6.07, 6.45) is -1.06. The minimum absolute atomic E-state index is 0.0621. The van der Waals surface area contributed by atoms with E-state index in [0.717, 1.165) is 0 Å². The van der Waals surface area contributed by atoms with Crippen LogP contribution in [-0.4, -0.2) is 28.5 Å². The highest BCUT2D eigenvalue weighted by molar-refractivity contribution is 5.97. The molecule has 8 nitrogen and oxygen atoms in total. The van der Waals surface area contributed by atoms with Gasteiger partial charge < -0.3 is 19.8 Å². The number of fused-ring (bicyclic) bond motifs is 1. The van der Waals surface area contributed by atoms with E-state index in [2.05, 4.69) is 15.3 Å². The fraction of sp³-hybridized carbons (Fsp3) is 0.185. The SMILES string of the molecule is CCOc1ccccc1NC(=O)C(OC(=O)CCc1nc2ccccc2c(=O)[nH]1)c1ccccc1. The standard InChI is InChI=1S/C27H25N3O5/c1-2-34-22-15-9-8-14-21(22)29-27(33)25(18-10-4-3-5-11-18)35-24(31)17-16-23-28-20-13-7-6-12-19(20)26(32)30-23/h3-15,25H,2,16-17H2,1H3,(H,29,33)(H,28,30,32). The highest BCUT2D eigenvalue weighted by Gasteiger charge is 2.26. The number of aromatic nitrogens is 2. The minimum atomic E-state index is -1.16. The van der Waals surface area contributed by atoms with Crippen LogP contribution in [-0.2, 0) is 20.7 Å². The van der Waals surface area contributed by atoms with Gasteiger partial charge in [0.15, 0.2) is 0 Å². The van der Waals surface area contributed by atoms with Crippen LogP contribution < -0.4 is 15.6 Å². The lowest BCUT2D eigenvalue weighted by molar-refractivity contribution is -0.154. The molecule has 0 bridgehead atoms. The summed E-state index contributed by atoms with van der Waals surface area (Å²) in [5.74, 6) is -0.207. The number of nitrogens with zero attached hydrogens (tertiary/aromatic N) is 1. The van der Waals surface area contributed by atoms with Gasteiger partial charge in [-0.1, -0.05) is 54.6 Å². The van der Waals surface area contributed by atoms with Crippen LogP contribution in [0.5, 0.6) is 5.75 Å². The number of para-hydroxylation sites is 3. The third-order valence-electron chi connectivity index (χ3n) is 5.26. The first-order chi connectivity index (χ1) is 17.0. The Kier molecular flexibility index (Phi) is 7.52. The molecule has 35 heavy (non-hydrogen) atoms. The number of amides is 1. The number of H-pyrrole nitrogens is 1. The second kappa shape index (κ2) is 11.1. The number of hydrogen-bond donors (Lipinski definition) is 2. The predicted molar refractivity (Wildman–Crippen MR) is 132 cm³/mol. The van der Waals surface area contributed by atoms with Gasteiger partial charge in [0.1, 0.15) is 11.6 Å². The summed E-state index contributed by atoms with van der Waals surface area (Å²) in [4.78, 5) is 45.3. The van der Waals surface area contributed by atoms with Gasteiger partial charge in [-0.2, -0.15) is 0 Å². The molecule has 178 valence electrons. The number of aromatic amines is 1. The summed E-state index contributed by atoms with van der Waals surface area (Å²) < 4.78 is 11.2. The topological polar surface area (TPSA) is 110 Å². The Hall–Kier alpha value is -4.46. The number of carbonyl (C=O) groups is 2. The molecule has 0 aliphatic carbocycles. The zero-order valence-electron chi connectivity index (χ0n) is 19.2. The average Bonchev–Trinajstić information content (AvgIpc) is 2.88. The highest BCUT2D eigenvalue weighted by atomic mass is 16.5. The Balaban J connectivity index is 1.48. The fourth-order valence-electron chi connectivity index (χ4n) is 3.61. The average molecular weight is 472 g/mol. The highest BCUT2D eigenvalue weighted by Crippen LogP contribution is 2.27. The molecule has 1 amide bonds. The van der Waals surface area contributed by atoms with E-state index in [0.29, 0.717) is 40.3 Å². The largest absolute Gasteiger partial charge is 0.492 e. The van der Waals surface area contributed by atoms with Crippen LogP contribution in [0, 0.1) is 0 Å². The summed E-state index contributed by atoms with van der Waals surface area (Å²) in [6, 6.07) is 22.8. The number of aryl methyl sites for hydroxylation is 1. The molecule has 1 aromatic heterocycles. The third-order valence-corrected chi connectivity index (χ3v) is 5.26. The van der Waals surface area contributed by atoms with Crippen LogP contribution in [0.15, 0.2) is 83.7 Å². The predicted octanol–water partition coefficient (Wildman–Crippen LogP) is 4.18. The maximum atomic E-state index is 13.2. The Morgan fingerprint density at radius 1 is 0.971 bits per heavy atom. The minimum Gasteiger partial charge on any atom is -0.492 e. The van der Waals surface area contributed by atoms with Crippen LogP contribution in [0.3, 0.4) is 0 Å². The van der Waals surface area contributed by atoms with Crippen LogP contribution in [0.25, 0.3) is 10.9 Å². The molecule has 0 aliphatic rings. The molecule has 2 N–H and O–H groups in total. The van der Waals surface area contributed by atoms with Crippen molar-refractivity contribution < 1.29 is 19.1 Å². The van der Waals surface area contributed by atoms with Gasteiger partial charge in [-0.3, -0.25) is 14.4 Å². The Morgan fingerprint density at radius 2 is 1.69 bits per heavy atom. The van der Waals surface area contributed by atoms with Crippen molar-refractivity contribution in [2.45, 2.75) is 25.9 Å². The number of rotatable bonds is 9. The number of ether oxygens (including phenoxy) is 2. The molecule has 0 aliphatic heterocycles. The van der Waals surface area contributed by atoms with Crippen molar-refractivity contribution in [1.29, 1.82) is 0 Å². The van der Waals surface area contributed by atoms with Gasteiger partial charge in [0, 0.05) is 12.0 Å². The van der Waals surface area contributed by atoms with Crippen molar-refractivity contribution in [3.05, 3.63) is 101 Å². The first-order valence-electron chi connectivity index (χ1n) is 11.3. The second-order valence-electron chi connectivity index (χ2n) is 7.73. The lowest BCUT2D eigenvalue weighted by Crippen LogP contribution is -2.26. The molecular formula is C27H25N3O5. The number of benzene rings is 3. The summed E-state index contributed by atoms with van der Waals surface area (Å²) in [6.45, 7) is 2.29. The first kappa shape index (κ1) is 23.7. The van der Waals surface area contributed by atoms with Crippen molar-refractivity contribution >= 4 is 28.5 Å². The van der Waals surface area contributed by atoms with Crippen LogP contribution in [0.4, 0.5) is 5.69 Å². The molecule has 3 aromatic carbocycles. The van der Waals surface area contributed by atoms with E-state index in [4.69, 9.17) is 9.47 Å². The maximum Gasteiger partial charge on any atom is 0.307 e. The number of hydrogen-bond acceptors (Lipinski definition) is 6. The lowest BCUT2D eigenvalue weighted by atomic mass is 10.1. The van der Waals surface area contributed by atoms with Crippen molar-refractivity contribution in [3.63, 3.8) is 0 Å². The van der Waals surface area contributed by atoms with E-state index in [9.17, 15) is 14.4 Å². The quantitative estimate of drug-likeness (QED) is 0.355. The molecule has 0 spiro atoms. The number of anilines is 1. The number of carbonyl (C=O) groups excluding carboxylic acids is 2. The fourth-order valence-corrected chi connectivity index (χ4v) is 3.61. The molecule has 8 heteroatoms.